The highest BCUT2D eigenvalue weighted by atomic mass is 16.6. The molecule has 0 aliphatic rings. The Morgan fingerprint density at radius 3 is 2.95 bits per heavy atom. The Labute approximate surface area is 117 Å². The van der Waals surface area contributed by atoms with Crippen LogP contribution in [0, 0.1) is 17.0 Å². The largest absolute Gasteiger partial charge is 0.390 e. The van der Waals surface area contributed by atoms with Gasteiger partial charge >= 0.3 is 5.82 Å². The summed E-state index contributed by atoms with van der Waals surface area (Å²) in [4.78, 5) is 21.6. The minimum atomic E-state index is -0.544. The van der Waals surface area contributed by atoms with Crippen LogP contribution in [-0.2, 0) is 16.1 Å². The molecule has 8 nitrogen and oxygen atoms in total. The van der Waals surface area contributed by atoms with E-state index in [0.29, 0.717) is 32.0 Å². The molecule has 20 heavy (non-hydrogen) atoms. The van der Waals surface area contributed by atoms with Crippen LogP contribution in [0.15, 0.2) is 6.07 Å². The number of carbonyl (C=O) groups is 1. The molecule has 1 aromatic heterocycles. The predicted molar refractivity (Wildman–Crippen MR) is 72.4 cm³/mol. The maximum absolute atomic E-state index is 11.6. The Hall–Kier alpha value is -1.96. The number of aromatic nitrogens is 2. The summed E-state index contributed by atoms with van der Waals surface area (Å²) in [5.74, 6) is -0.293. The zero-order valence-electron chi connectivity index (χ0n) is 11.8. The number of hydrogen-bond donors (Lipinski definition) is 1. The van der Waals surface area contributed by atoms with E-state index in [2.05, 4.69) is 10.4 Å². The Balaban J connectivity index is 2.28. The first-order valence-corrected chi connectivity index (χ1v) is 6.58. The third-order valence-electron chi connectivity index (χ3n) is 2.70. The predicted octanol–water partition coefficient (Wildman–Crippen LogP) is 1.03. The fourth-order valence-electron chi connectivity index (χ4n) is 1.65. The van der Waals surface area contributed by atoms with Gasteiger partial charge in [0.25, 0.3) is 0 Å². The minimum Gasteiger partial charge on any atom is -0.382 e. The van der Waals surface area contributed by atoms with Gasteiger partial charge in [-0.1, -0.05) is 0 Å². The van der Waals surface area contributed by atoms with Crippen molar-refractivity contribution in [3.8, 4) is 0 Å². The first kappa shape index (κ1) is 16.1. The van der Waals surface area contributed by atoms with Gasteiger partial charge in [-0.25, -0.2) is 0 Å². The molecule has 0 atom stereocenters. The molecule has 0 spiro atoms. The first-order valence-electron chi connectivity index (χ1n) is 6.58. The molecule has 0 saturated heterocycles. The van der Waals surface area contributed by atoms with Gasteiger partial charge in [-0.2, -0.15) is 4.68 Å². The Bertz CT molecular complexity index is 458. The van der Waals surface area contributed by atoms with E-state index >= 15 is 0 Å². The van der Waals surface area contributed by atoms with Gasteiger partial charge in [-0.05, 0) is 25.2 Å². The van der Waals surface area contributed by atoms with Gasteiger partial charge in [0, 0.05) is 26.2 Å². The summed E-state index contributed by atoms with van der Waals surface area (Å²) >= 11 is 0. The van der Waals surface area contributed by atoms with Crippen molar-refractivity contribution in [2.45, 2.75) is 33.2 Å². The number of amides is 1. The number of nitrogens with one attached hydrogen (secondary N) is 1. The molecule has 1 rings (SSSR count). The molecule has 0 bridgehead atoms. The van der Waals surface area contributed by atoms with Crippen LogP contribution in [0.1, 0.15) is 25.5 Å². The number of hydrogen-bond acceptors (Lipinski definition) is 5. The molecule has 0 aliphatic carbocycles. The van der Waals surface area contributed by atoms with E-state index in [9.17, 15) is 14.9 Å². The van der Waals surface area contributed by atoms with E-state index in [0.717, 1.165) is 6.42 Å². The molecule has 8 heteroatoms. The molecule has 1 aromatic rings. The summed E-state index contributed by atoms with van der Waals surface area (Å²) in [7, 11) is 0. The van der Waals surface area contributed by atoms with E-state index in [4.69, 9.17) is 4.74 Å². The zero-order chi connectivity index (χ0) is 15.0. The van der Waals surface area contributed by atoms with Gasteiger partial charge in [0.2, 0.25) is 5.91 Å². The summed E-state index contributed by atoms with van der Waals surface area (Å²) in [6.45, 7) is 5.84. The second-order valence-electron chi connectivity index (χ2n) is 4.27. The fraction of sp³-hybridized carbons (Fsp3) is 0.667. The van der Waals surface area contributed by atoms with Crippen LogP contribution in [0.25, 0.3) is 0 Å². The SMILES string of the molecule is CCOCCCNC(=O)CCn1nc([N+](=O)[O-])cc1C. The molecule has 0 aliphatic heterocycles. The van der Waals surface area contributed by atoms with E-state index in [-0.39, 0.29) is 18.1 Å². The summed E-state index contributed by atoms with van der Waals surface area (Å²) in [5, 5.41) is 17.2. The van der Waals surface area contributed by atoms with Crippen LogP contribution in [-0.4, -0.2) is 40.4 Å². The number of ether oxygens (including phenoxy) is 1. The van der Waals surface area contributed by atoms with Gasteiger partial charge in [0.05, 0.1) is 23.4 Å². The number of carbonyl (C=O) groups excluding carboxylic acids is 1. The number of nitro groups is 1. The van der Waals surface area contributed by atoms with E-state index in [1.807, 2.05) is 6.92 Å². The lowest BCUT2D eigenvalue weighted by Gasteiger charge is -2.05. The molecule has 1 heterocycles. The van der Waals surface area contributed by atoms with Gasteiger partial charge in [-0.15, -0.1) is 0 Å². The van der Waals surface area contributed by atoms with Crippen molar-refractivity contribution >= 4 is 11.7 Å². The minimum absolute atomic E-state index is 0.0981. The molecule has 1 amide bonds. The van der Waals surface area contributed by atoms with E-state index in [1.54, 1.807) is 6.92 Å². The quantitative estimate of drug-likeness (QED) is 0.415. The van der Waals surface area contributed by atoms with Crippen molar-refractivity contribution < 1.29 is 14.5 Å². The van der Waals surface area contributed by atoms with Crippen LogP contribution in [0.5, 0.6) is 0 Å². The number of aryl methyl sites for hydroxylation is 2. The van der Waals surface area contributed by atoms with Crippen LogP contribution in [0.3, 0.4) is 0 Å². The van der Waals surface area contributed by atoms with Crippen molar-refractivity contribution in [2.75, 3.05) is 19.8 Å². The third kappa shape index (κ3) is 5.35. The summed E-state index contributed by atoms with van der Waals surface area (Å²) < 4.78 is 6.63. The summed E-state index contributed by atoms with van der Waals surface area (Å²) in [6, 6.07) is 1.39. The molecule has 0 fully saturated rings. The highest BCUT2D eigenvalue weighted by Gasteiger charge is 2.15. The van der Waals surface area contributed by atoms with Gasteiger partial charge < -0.3 is 20.2 Å². The van der Waals surface area contributed by atoms with Crippen molar-refractivity contribution in [3.05, 3.63) is 21.9 Å². The van der Waals surface area contributed by atoms with E-state index < -0.39 is 4.92 Å². The smallest absolute Gasteiger partial charge is 0.382 e. The third-order valence-corrected chi connectivity index (χ3v) is 2.70. The lowest BCUT2D eigenvalue weighted by molar-refractivity contribution is -0.389. The monoisotopic (exact) mass is 284 g/mol. The average molecular weight is 284 g/mol. The second kappa shape index (κ2) is 8.26. The number of rotatable bonds is 9. The first-order chi connectivity index (χ1) is 9.54. The van der Waals surface area contributed by atoms with Gasteiger partial charge in [0.15, 0.2) is 0 Å². The van der Waals surface area contributed by atoms with E-state index in [1.165, 1.54) is 10.7 Å². The van der Waals surface area contributed by atoms with Gasteiger partial charge in [0.1, 0.15) is 0 Å². The van der Waals surface area contributed by atoms with Crippen molar-refractivity contribution in [1.29, 1.82) is 0 Å². The van der Waals surface area contributed by atoms with Crippen LogP contribution in [0.4, 0.5) is 5.82 Å². The topological polar surface area (TPSA) is 99.3 Å². The normalized spacial score (nSPS) is 10.5. The average Bonchev–Trinajstić information content (AvgIpc) is 2.78. The maximum Gasteiger partial charge on any atom is 0.390 e. The highest BCUT2D eigenvalue weighted by Crippen LogP contribution is 2.11. The maximum atomic E-state index is 11.6. The Morgan fingerprint density at radius 2 is 2.35 bits per heavy atom. The molecule has 0 unspecified atom stereocenters. The van der Waals surface area contributed by atoms with Crippen LogP contribution < -0.4 is 5.32 Å². The van der Waals surface area contributed by atoms with Crippen molar-refractivity contribution in [3.63, 3.8) is 0 Å². The molecule has 112 valence electrons. The van der Waals surface area contributed by atoms with Crippen LogP contribution >= 0.6 is 0 Å². The Kier molecular flexibility index (Phi) is 6.65. The summed E-state index contributed by atoms with van der Waals surface area (Å²) in [6.07, 6.45) is 1.01. The molecule has 1 N–H and O–H groups in total. The second-order valence-corrected chi connectivity index (χ2v) is 4.27. The zero-order valence-corrected chi connectivity index (χ0v) is 11.8. The van der Waals surface area contributed by atoms with Crippen LogP contribution in [0.2, 0.25) is 0 Å². The van der Waals surface area contributed by atoms with Crippen molar-refractivity contribution in [2.24, 2.45) is 0 Å². The standard InChI is InChI=1S/C12H20N4O4/c1-3-20-8-4-6-13-12(17)5-7-15-10(2)9-11(14-15)16(18)19/h9H,3-8H2,1-2H3,(H,13,17). The molecular formula is C12H20N4O4. The molecular weight excluding hydrogens is 264 g/mol. The fourth-order valence-corrected chi connectivity index (χ4v) is 1.65. The lowest BCUT2D eigenvalue weighted by Crippen LogP contribution is -2.26. The summed E-state index contributed by atoms with van der Waals surface area (Å²) in [5.41, 5.74) is 0.667. The highest BCUT2D eigenvalue weighted by molar-refractivity contribution is 5.75. The van der Waals surface area contributed by atoms with Crippen molar-refractivity contribution in [1.82, 2.24) is 15.1 Å². The number of nitrogens with zero attached hydrogens (tertiary/aromatic N) is 3. The Morgan fingerprint density at radius 1 is 1.60 bits per heavy atom. The molecule has 0 aromatic carbocycles. The molecule has 0 radical (unpaired) electrons. The lowest BCUT2D eigenvalue weighted by atomic mass is 10.3. The molecule has 0 saturated carbocycles. The van der Waals surface area contributed by atoms with Gasteiger partial charge in [-0.3, -0.25) is 4.79 Å².